The number of pyridine rings is 1. The van der Waals surface area contributed by atoms with Gasteiger partial charge < -0.3 is 10.2 Å². The van der Waals surface area contributed by atoms with Gasteiger partial charge in [0.15, 0.2) is 0 Å². The van der Waals surface area contributed by atoms with Crippen LogP contribution in [0.2, 0.25) is 0 Å². The van der Waals surface area contributed by atoms with Crippen LogP contribution in [0.4, 0.5) is 24.5 Å². The molecule has 30 heavy (non-hydrogen) atoms. The molecule has 1 amide bonds. The van der Waals surface area contributed by atoms with Gasteiger partial charge in [-0.2, -0.15) is 13.2 Å². The van der Waals surface area contributed by atoms with E-state index in [1.807, 2.05) is 35.2 Å². The monoisotopic (exact) mass is 431 g/mol. The van der Waals surface area contributed by atoms with E-state index >= 15 is 0 Å². The van der Waals surface area contributed by atoms with E-state index in [1.165, 1.54) is 17.8 Å². The molecule has 0 aliphatic carbocycles. The number of thioether (sulfide) groups is 1. The highest BCUT2D eigenvalue weighted by Crippen LogP contribution is 2.37. The molecule has 0 unspecified atom stereocenters. The number of hydrogen-bond acceptors (Lipinski definition) is 4. The Bertz CT molecular complexity index is 1060. The molecule has 1 aliphatic heterocycles. The summed E-state index contributed by atoms with van der Waals surface area (Å²) in [6.07, 6.45) is -0.869. The number of aromatic nitrogens is 1. The zero-order chi connectivity index (χ0) is 21.1. The number of carbonyl (C=O) groups is 1. The normalized spacial score (nSPS) is 14.3. The second-order valence-electron chi connectivity index (χ2n) is 7.09. The van der Waals surface area contributed by atoms with E-state index in [-0.39, 0.29) is 11.7 Å². The zero-order valence-corrected chi connectivity index (χ0v) is 16.9. The van der Waals surface area contributed by atoms with E-state index in [0.29, 0.717) is 24.5 Å². The van der Waals surface area contributed by atoms with Crippen LogP contribution in [0.3, 0.4) is 0 Å². The Morgan fingerprint density at radius 3 is 2.63 bits per heavy atom. The molecule has 1 fully saturated rings. The molecule has 0 radical (unpaired) electrons. The maximum atomic E-state index is 13.2. The summed E-state index contributed by atoms with van der Waals surface area (Å²) >= 11 is 1.35. The Hall–Kier alpha value is -2.74. The molecule has 1 saturated heterocycles. The summed E-state index contributed by atoms with van der Waals surface area (Å²) in [5.74, 6) is -0.135. The second kappa shape index (κ2) is 8.55. The first-order valence-corrected chi connectivity index (χ1v) is 10.6. The van der Waals surface area contributed by atoms with Crippen LogP contribution >= 0.6 is 11.8 Å². The molecule has 1 aliphatic rings. The van der Waals surface area contributed by atoms with Crippen LogP contribution in [0.1, 0.15) is 18.4 Å². The number of anilines is 2. The lowest BCUT2D eigenvalue weighted by Gasteiger charge is -2.23. The molecule has 0 saturated carbocycles. The van der Waals surface area contributed by atoms with Crippen molar-refractivity contribution in [1.82, 2.24) is 4.98 Å². The van der Waals surface area contributed by atoms with Gasteiger partial charge in [0, 0.05) is 29.6 Å². The van der Waals surface area contributed by atoms with Crippen molar-refractivity contribution < 1.29 is 18.0 Å². The number of nitrogens with zero attached hydrogens (tertiary/aromatic N) is 2. The van der Waals surface area contributed by atoms with Crippen LogP contribution in [-0.2, 0) is 11.0 Å². The lowest BCUT2D eigenvalue weighted by atomic mass is 10.1. The number of alkyl halides is 3. The van der Waals surface area contributed by atoms with Crippen molar-refractivity contribution in [3.8, 4) is 0 Å². The summed E-state index contributed by atoms with van der Waals surface area (Å²) in [7, 11) is 0. The van der Waals surface area contributed by atoms with Crippen LogP contribution in [-0.4, -0.2) is 29.7 Å². The van der Waals surface area contributed by atoms with Crippen molar-refractivity contribution in [3.63, 3.8) is 0 Å². The van der Waals surface area contributed by atoms with E-state index in [4.69, 9.17) is 0 Å². The summed E-state index contributed by atoms with van der Waals surface area (Å²) in [4.78, 5) is 19.7. The number of fused-ring (bicyclic) bond motifs is 1. The molecule has 4 rings (SSSR count). The lowest BCUT2D eigenvalue weighted by molar-refractivity contribution is -0.137. The van der Waals surface area contributed by atoms with Crippen LogP contribution in [0.5, 0.6) is 0 Å². The van der Waals surface area contributed by atoms with Gasteiger partial charge in [-0.1, -0.05) is 18.2 Å². The third-order valence-electron chi connectivity index (χ3n) is 5.00. The number of halogens is 3. The topological polar surface area (TPSA) is 45.2 Å². The Balaban J connectivity index is 1.51. The fourth-order valence-corrected chi connectivity index (χ4v) is 4.40. The summed E-state index contributed by atoms with van der Waals surface area (Å²) in [5.41, 5.74) is 0.947. The highest BCUT2D eigenvalue weighted by Gasteiger charge is 2.32. The van der Waals surface area contributed by atoms with Crippen LogP contribution in [0.15, 0.2) is 59.6 Å². The fraction of sp³-hybridized carbons (Fsp3) is 0.273. The average molecular weight is 431 g/mol. The van der Waals surface area contributed by atoms with Gasteiger partial charge in [-0.25, -0.2) is 0 Å². The van der Waals surface area contributed by atoms with E-state index in [2.05, 4.69) is 10.3 Å². The Labute approximate surface area is 176 Å². The van der Waals surface area contributed by atoms with Crippen LogP contribution < -0.4 is 10.2 Å². The molecule has 0 atom stereocenters. The first kappa shape index (κ1) is 20.5. The van der Waals surface area contributed by atoms with Crippen molar-refractivity contribution in [2.24, 2.45) is 0 Å². The summed E-state index contributed by atoms with van der Waals surface area (Å²) < 4.78 is 39.5. The molecule has 0 spiro atoms. The molecule has 2 heterocycles. The first-order valence-electron chi connectivity index (χ1n) is 9.64. The van der Waals surface area contributed by atoms with Crippen LogP contribution in [0.25, 0.3) is 10.9 Å². The zero-order valence-electron chi connectivity index (χ0n) is 16.1. The quantitative estimate of drug-likeness (QED) is 0.536. The number of hydrogen-bond donors (Lipinski definition) is 1. The molecule has 1 N–H and O–H groups in total. The number of amides is 1. The van der Waals surface area contributed by atoms with Crippen molar-refractivity contribution in [2.45, 2.75) is 23.9 Å². The van der Waals surface area contributed by atoms with Gasteiger partial charge in [0.2, 0.25) is 5.91 Å². The Morgan fingerprint density at radius 1 is 1.10 bits per heavy atom. The van der Waals surface area contributed by atoms with E-state index in [9.17, 15) is 18.0 Å². The van der Waals surface area contributed by atoms with E-state index in [0.717, 1.165) is 40.8 Å². The number of para-hydroxylation sites is 1. The summed E-state index contributed by atoms with van der Waals surface area (Å²) in [6, 6.07) is 13.1. The predicted octanol–water partition coefficient (Wildman–Crippen LogP) is 5.58. The van der Waals surface area contributed by atoms with E-state index < -0.39 is 11.7 Å². The molecule has 2 aromatic carbocycles. The van der Waals surface area contributed by atoms with Gasteiger partial charge in [0.05, 0.1) is 28.2 Å². The van der Waals surface area contributed by atoms with Gasteiger partial charge in [0.25, 0.3) is 0 Å². The van der Waals surface area contributed by atoms with Gasteiger partial charge in [-0.05, 0) is 43.2 Å². The molecule has 1 aromatic heterocycles. The highest BCUT2D eigenvalue weighted by molar-refractivity contribution is 8.00. The fourth-order valence-electron chi connectivity index (χ4n) is 3.56. The molecular formula is C22H20F3N3OS. The molecule has 3 aromatic rings. The third kappa shape index (κ3) is 4.53. The number of nitrogens with one attached hydrogen (secondary N) is 1. The number of carbonyl (C=O) groups excluding carboxylic acids is 1. The molecule has 156 valence electrons. The number of benzene rings is 2. The lowest BCUT2D eigenvalue weighted by Crippen LogP contribution is -2.22. The smallest absolute Gasteiger partial charge is 0.370 e. The van der Waals surface area contributed by atoms with Gasteiger partial charge in [-0.3, -0.25) is 9.78 Å². The van der Waals surface area contributed by atoms with Gasteiger partial charge in [0.1, 0.15) is 0 Å². The van der Waals surface area contributed by atoms with Crippen molar-refractivity contribution in [1.29, 1.82) is 0 Å². The molecule has 4 nitrogen and oxygen atoms in total. The third-order valence-corrected chi connectivity index (χ3v) is 6.05. The van der Waals surface area contributed by atoms with E-state index in [1.54, 1.807) is 6.20 Å². The first-order chi connectivity index (χ1) is 14.4. The summed E-state index contributed by atoms with van der Waals surface area (Å²) in [6.45, 7) is 1.36. The summed E-state index contributed by atoms with van der Waals surface area (Å²) in [5, 5.41) is 3.78. The maximum Gasteiger partial charge on any atom is 0.416 e. The largest absolute Gasteiger partial charge is 0.416 e. The second-order valence-corrected chi connectivity index (χ2v) is 8.11. The predicted molar refractivity (Wildman–Crippen MR) is 114 cm³/mol. The SMILES string of the molecule is O=C(CSc1cccc2cccnc12)Nc1ccc(C(F)(F)F)cc1N1CCCC1. The minimum Gasteiger partial charge on any atom is -0.370 e. The van der Waals surface area contributed by atoms with Crippen LogP contribution in [0, 0.1) is 0 Å². The molecule has 8 heteroatoms. The van der Waals surface area contributed by atoms with Crippen molar-refractivity contribution in [2.75, 3.05) is 29.1 Å². The standard InChI is InChI=1S/C22H20F3N3OS/c23-22(24,25)16-8-9-17(18(13-16)28-11-1-2-12-28)27-20(29)14-30-19-7-3-5-15-6-4-10-26-21(15)19/h3-10,13H,1-2,11-12,14H2,(H,27,29). The van der Waals surface area contributed by atoms with Gasteiger partial charge in [-0.15, -0.1) is 11.8 Å². The minimum absolute atomic E-state index is 0.135. The van der Waals surface area contributed by atoms with Gasteiger partial charge >= 0.3 is 6.18 Å². The Morgan fingerprint density at radius 2 is 1.87 bits per heavy atom. The average Bonchev–Trinajstić information content (AvgIpc) is 3.26. The number of rotatable bonds is 5. The van der Waals surface area contributed by atoms with Crippen molar-refractivity contribution in [3.05, 3.63) is 60.3 Å². The molecular weight excluding hydrogens is 411 g/mol. The molecule has 0 bridgehead atoms. The maximum absolute atomic E-state index is 13.2. The Kier molecular flexibility index (Phi) is 5.85. The highest BCUT2D eigenvalue weighted by atomic mass is 32.2. The minimum atomic E-state index is -4.42. The van der Waals surface area contributed by atoms with Crippen molar-refractivity contribution >= 4 is 39.9 Å².